The van der Waals surface area contributed by atoms with Crippen LogP contribution in [0.15, 0.2) is 0 Å². The molecule has 0 spiro atoms. The summed E-state index contributed by atoms with van der Waals surface area (Å²) in [6, 6.07) is 0. The standard InChI is InChI=1S/C6H8OSi.C2H2/c1-3-5-7-8-6-4-2;1-2/h8H2,1-2H3;1-2H. The van der Waals surface area contributed by atoms with Gasteiger partial charge in [-0.3, -0.25) is 0 Å². The molecule has 0 aromatic rings. The predicted molar refractivity (Wildman–Crippen MR) is 46.4 cm³/mol. The molecule has 0 bridgehead atoms. The predicted octanol–water partition coefficient (Wildman–Crippen LogP) is 0.298. The van der Waals surface area contributed by atoms with Crippen molar-refractivity contribution in [1.29, 1.82) is 0 Å². The fraction of sp³-hybridized carbons (Fsp3) is 0.250. The lowest BCUT2D eigenvalue weighted by atomic mass is 10.8. The van der Waals surface area contributed by atoms with Gasteiger partial charge in [0, 0.05) is 6.92 Å². The Morgan fingerprint density at radius 3 is 2.20 bits per heavy atom. The molecule has 0 atom stereocenters. The van der Waals surface area contributed by atoms with Gasteiger partial charge in [-0.1, -0.05) is 11.5 Å². The fourth-order valence-corrected chi connectivity index (χ4v) is 0.650. The summed E-state index contributed by atoms with van der Waals surface area (Å²) in [5.41, 5.74) is 2.85. The van der Waals surface area contributed by atoms with Crippen molar-refractivity contribution >= 4 is 9.76 Å². The summed E-state index contributed by atoms with van der Waals surface area (Å²) in [7, 11) is -0.634. The molecule has 0 amide bonds. The average Bonchev–Trinajstić information content (AvgIpc) is 2.02. The number of hydrogen-bond donors (Lipinski definition) is 0. The summed E-state index contributed by atoms with van der Waals surface area (Å²) in [4.78, 5) is 0. The molecule has 0 radical (unpaired) electrons. The van der Waals surface area contributed by atoms with E-state index in [9.17, 15) is 0 Å². The fourth-order valence-electron chi connectivity index (χ4n) is 0.217. The zero-order chi connectivity index (χ0) is 8.24. The first-order valence-electron chi connectivity index (χ1n) is 2.68. The van der Waals surface area contributed by atoms with E-state index in [1.54, 1.807) is 13.8 Å². The minimum absolute atomic E-state index is 0.634. The monoisotopic (exact) mass is 150 g/mol. The van der Waals surface area contributed by atoms with E-state index >= 15 is 0 Å². The first-order chi connectivity index (χ1) is 4.91. The third-order valence-electron chi connectivity index (χ3n) is 0.495. The van der Waals surface area contributed by atoms with Crippen molar-refractivity contribution in [3.05, 3.63) is 0 Å². The van der Waals surface area contributed by atoms with Crippen molar-refractivity contribution in [2.24, 2.45) is 0 Å². The molecule has 1 nitrogen and oxygen atoms in total. The molecule has 0 aliphatic heterocycles. The quantitative estimate of drug-likeness (QED) is 0.297. The molecular weight excluding hydrogens is 140 g/mol. The van der Waals surface area contributed by atoms with Crippen LogP contribution < -0.4 is 0 Å². The van der Waals surface area contributed by atoms with Crippen LogP contribution in [0.25, 0.3) is 0 Å². The van der Waals surface area contributed by atoms with Crippen molar-refractivity contribution < 1.29 is 4.43 Å². The zero-order valence-corrected chi connectivity index (χ0v) is 7.68. The molecular formula is C8H10OSi. The van der Waals surface area contributed by atoms with E-state index in [0.717, 1.165) is 0 Å². The van der Waals surface area contributed by atoms with E-state index in [1.165, 1.54) is 0 Å². The second-order valence-corrected chi connectivity index (χ2v) is 2.00. The minimum atomic E-state index is -0.634. The highest BCUT2D eigenvalue weighted by atomic mass is 28.2. The molecule has 0 aromatic heterocycles. The van der Waals surface area contributed by atoms with Crippen molar-refractivity contribution in [1.82, 2.24) is 0 Å². The van der Waals surface area contributed by atoms with Gasteiger partial charge in [-0.05, 0) is 6.92 Å². The second-order valence-electron chi connectivity index (χ2n) is 1.07. The molecule has 0 fully saturated rings. The summed E-state index contributed by atoms with van der Waals surface area (Å²) >= 11 is 0. The van der Waals surface area contributed by atoms with Gasteiger partial charge in [0.2, 0.25) is 0 Å². The van der Waals surface area contributed by atoms with Crippen LogP contribution in [0, 0.1) is 36.3 Å². The topological polar surface area (TPSA) is 9.23 Å². The third kappa shape index (κ3) is 15.9. The normalized spacial score (nSPS) is 5.60. The van der Waals surface area contributed by atoms with Crippen LogP contribution in [-0.2, 0) is 4.43 Å². The van der Waals surface area contributed by atoms with Gasteiger partial charge in [0.1, 0.15) is 0 Å². The summed E-state index contributed by atoms with van der Waals surface area (Å²) in [6.45, 7) is 3.55. The van der Waals surface area contributed by atoms with E-state index in [2.05, 4.69) is 36.3 Å². The maximum Gasteiger partial charge on any atom is 0.311 e. The highest BCUT2D eigenvalue weighted by Gasteiger charge is 1.69. The summed E-state index contributed by atoms with van der Waals surface area (Å²) < 4.78 is 4.83. The largest absolute Gasteiger partial charge is 0.493 e. The van der Waals surface area contributed by atoms with Gasteiger partial charge in [-0.15, -0.1) is 18.8 Å². The SMILES string of the molecule is C#C.CC#CO[SiH2]C#CC. The first-order valence-corrected chi connectivity index (χ1v) is 3.96. The molecule has 0 N–H and O–H groups in total. The van der Waals surface area contributed by atoms with E-state index in [1.807, 2.05) is 0 Å². The molecule has 0 saturated carbocycles. The van der Waals surface area contributed by atoms with Crippen LogP contribution in [0.4, 0.5) is 0 Å². The van der Waals surface area contributed by atoms with Gasteiger partial charge in [0.05, 0.1) is 6.11 Å². The highest BCUT2D eigenvalue weighted by Crippen LogP contribution is 1.60. The Balaban J connectivity index is 0. The molecule has 0 aliphatic carbocycles. The van der Waals surface area contributed by atoms with Gasteiger partial charge in [0.25, 0.3) is 0 Å². The van der Waals surface area contributed by atoms with Gasteiger partial charge in [0.15, 0.2) is 0 Å². The molecule has 52 valence electrons. The maximum absolute atomic E-state index is 4.83. The summed E-state index contributed by atoms with van der Waals surface area (Å²) in [5, 5.41) is 0. The van der Waals surface area contributed by atoms with Crippen molar-refractivity contribution in [2.75, 3.05) is 0 Å². The second kappa shape index (κ2) is 15.6. The zero-order valence-electron chi connectivity index (χ0n) is 6.27. The maximum atomic E-state index is 4.83. The Morgan fingerprint density at radius 2 is 1.80 bits per heavy atom. The van der Waals surface area contributed by atoms with Crippen LogP contribution >= 0.6 is 0 Å². The lowest BCUT2D eigenvalue weighted by Gasteiger charge is -1.81. The van der Waals surface area contributed by atoms with E-state index in [4.69, 9.17) is 4.43 Å². The first kappa shape index (κ1) is 11.5. The Bertz CT molecular complexity index is 164. The number of terminal acetylenes is 1. The van der Waals surface area contributed by atoms with E-state index < -0.39 is 9.76 Å². The highest BCUT2D eigenvalue weighted by molar-refractivity contribution is 6.39. The van der Waals surface area contributed by atoms with Crippen LogP contribution in [0.5, 0.6) is 0 Å². The molecule has 10 heavy (non-hydrogen) atoms. The smallest absolute Gasteiger partial charge is 0.311 e. The lowest BCUT2D eigenvalue weighted by Crippen LogP contribution is -1.86. The van der Waals surface area contributed by atoms with E-state index in [0.29, 0.717) is 0 Å². The lowest BCUT2D eigenvalue weighted by molar-refractivity contribution is 0.568. The Labute approximate surface area is 65.1 Å². The van der Waals surface area contributed by atoms with Gasteiger partial charge >= 0.3 is 9.76 Å². The van der Waals surface area contributed by atoms with E-state index in [-0.39, 0.29) is 0 Å². The van der Waals surface area contributed by atoms with Crippen LogP contribution in [0.2, 0.25) is 0 Å². The molecule has 0 unspecified atom stereocenters. The Morgan fingerprint density at radius 1 is 1.20 bits per heavy atom. The summed E-state index contributed by atoms with van der Waals surface area (Å²) in [5.74, 6) is 5.37. The van der Waals surface area contributed by atoms with Crippen molar-refractivity contribution in [3.8, 4) is 36.3 Å². The van der Waals surface area contributed by atoms with Gasteiger partial charge in [-0.2, -0.15) is 0 Å². The molecule has 0 rings (SSSR count). The van der Waals surface area contributed by atoms with Crippen molar-refractivity contribution in [2.45, 2.75) is 13.8 Å². The minimum Gasteiger partial charge on any atom is -0.493 e. The van der Waals surface area contributed by atoms with Crippen LogP contribution in [0.1, 0.15) is 13.8 Å². The molecule has 0 saturated heterocycles. The number of rotatable bonds is 1. The Kier molecular flexibility index (Phi) is 18.0. The van der Waals surface area contributed by atoms with Gasteiger partial charge < -0.3 is 4.43 Å². The van der Waals surface area contributed by atoms with Crippen molar-refractivity contribution in [3.63, 3.8) is 0 Å². The Hall–Kier alpha value is -1.30. The van der Waals surface area contributed by atoms with Crippen LogP contribution in [-0.4, -0.2) is 9.76 Å². The number of hydrogen-bond acceptors (Lipinski definition) is 1. The third-order valence-corrected chi connectivity index (χ3v) is 1.28. The molecule has 0 aliphatic rings. The average molecular weight is 150 g/mol. The van der Waals surface area contributed by atoms with Gasteiger partial charge in [-0.25, -0.2) is 0 Å². The molecule has 0 aromatic carbocycles. The molecule has 0 heterocycles. The summed E-state index contributed by atoms with van der Waals surface area (Å²) in [6.07, 6.45) is 10.5. The van der Waals surface area contributed by atoms with Crippen LogP contribution in [0.3, 0.4) is 0 Å². The molecule has 2 heteroatoms.